The molecule has 0 N–H and O–H groups in total. The topological polar surface area (TPSA) is 36.4 Å². The van der Waals surface area contributed by atoms with Gasteiger partial charge in [-0.2, -0.15) is 0 Å². The Balaban J connectivity index is 1.33. The molecule has 1 aliphatic heterocycles. The van der Waals surface area contributed by atoms with Crippen molar-refractivity contribution in [3.05, 3.63) is 75.8 Å². The number of thiazole rings is 1. The fourth-order valence-corrected chi connectivity index (χ4v) is 4.36. The Kier molecular flexibility index (Phi) is 5.76. The van der Waals surface area contributed by atoms with E-state index in [0.717, 1.165) is 43.4 Å². The summed E-state index contributed by atoms with van der Waals surface area (Å²) < 4.78 is 0. The summed E-state index contributed by atoms with van der Waals surface area (Å²) in [6.45, 7) is 6.06. The van der Waals surface area contributed by atoms with Crippen LogP contribution in [0.1, 0.15) is 21.6 Å². The van der Waals surface area contributed by atoms with Crippen LogP contribution in [0.2, 0.25) is 5.02 Å². The van der Waals surface area contributed by atoms with Gasteiger partial charge in [-0.25, -0.2) is 4.98 Å². The molecule has 6 heteroatoms. The Labute approximate surface area is 174 Å². The molecule has 1 aliphatic rings. The average Bonchev–Trinajstić information content (AvgIpc) is 3.17. The van der Waals surface area contributed by atoms with Crippen molar-refractivity contribution in [2.75, 3.05) is 26.2 Å². The van der Waals surface area contributed by atoms with E-state index in [1.54, 1.807) is 23.5 Å². The van der Waals surface area contributed by atoms with Crippen molar-refractivity contribution in [1.29, 1.82) is 0 Å². The third kappa shape index (κ3) is 4.43. The predicted octanol–water partition coefficient (Wildman–Crippen LogP) is 4.73. The summed E-state index contributed by atoms with van der Waals surface area (Å²) in [4.78, 5) is 21.7. The van der Waals surface area contributed by atoms with Gasteiger partial charge in [0.1, 0.15) is 5.01 Å². The van der Waals surface area contributed by atoms with Crippen LogP contribution in [0.3, 0.4) is 0 Å². The molecule has 0 saturated carbocycles. The lowest BCUT2D eigenvalue weighted by Crippen LogP contribution is -2.48. The third-order valence-corrected chi connectivity index (χ3v) is 6.14. The summed E-state index contributed by atoms with van der Waals surface area (Å²) in [7, 11) is 0. The quantitative estimate of drug-likeness (QED) is 0.622. The standard InChI is InChI=1S/C22H22ClN3OS/c1-16-5-7-17(8-6-16)21-24-20(15-28-21)14-25-9-11-26(12-10-25)22(27)18-3-2-4-19(23)13-18/h2-8,13,15H,9-12,14H2,1H3. The fourth-order valence-electron chi connectivity index (χ4n) is 3.35. The Morgan fingerprint density at radius 2 is 1.86 bits per heavy atom. The first-order chi connectivity index (χ1) is 13.6. The van der Waals surface area contributed by atoms with Crippen molar-refractivity contribution >= 4 is 28.8 Å². The lowest BCUT2D eigenvalue weighted by atomic mass is 10.1. The van der Waals surface area contributed by atoms with Crippen LogP contribution in [0.4, 0.5) is 0 Å². The molecule has 1 saturated heterocycles. The molecule has 3 aromatic rings. The van der Waals surface area contributed by atoms with Gasteiger partial charge in [0, 0.05) is 54.3 Å². The van der Waals surface area contributed by atoms with Crippen molar-refractivity contribution in [3.8, 4) is 10.6 Å². The number of piperazine rings is 1. The molecule has 4 rings (SSSR count). The van der Waals surface area contributed by atoms with Crippen molar-refractivity contribution in [2.24, 2.45) is 0 Å². The van der Waals surface area contributed by atoms with Gasteiger partial charge in [-0.1, -0.05) is 47.5 Å². The number of benzene rings is 2. The fraction of sp³-hybridized carbons (Fsp3) is 0.273. The number of aryl methyl sites for hydroxylation is 1. The first kappa shape index (κ1) is 19.1. The smallest absolute Gasteiger partial charge is 0.253 e. The van der Waals surface area contributed by atoms with E-state index in [9.17, 15) is 4.79 Å². The number of hydrogen-bond donors (Lipinski definition) is 0. The van der Waals surface area contributed by atoms with Gasteiger partial charge in [-0.3, -0.25) is 9.69 Å². The van der Waals surface area contributed by atoms with Crippen LogP contribution < -0.4 is 0 Å². The molecule has 0 radical (unpaired) electrons. The number of carbonyl (C=O) groups excluding carboxylic acids is 1. The van der Waals surface area contributed by atoms with E-state index < -0.39 is 0 Å². The number of hydrogen-bond acceptors (Lipinski definition) is 4. The van der Waals surface area contributed by atoms with Gasteiger partial charge in [-0.05, 0) is 25.1 Å². The maximum atomic E-state index is 12.6. The van der Waals surface area contributed by atoms with Crippen LogP contribution in [0.5, 0.6) is 0 Å². The number of amides is 1. The van der Waals surface area contributed by atoms with E-state index in [1.165, 1.54) is 11.1 Å². The van der Waals surface area contributed by atoms with Crippen LogP contribution in [-0.4, -0.2) is 46.9 Å². The second-order valence-electron chi connectivity index (χ2n) is 7.09. The summed E-state index contributed by atoms with van der Waals surface area (Å²) in [5.41, 5.74) is 4.17. The molecule has 2 aromatic carbocycles. The van der Waals surface area contributed by atoms with Crippen molar-refractivity contribution < 1.29 is 4.79 Å². The van der Waals surface area contributed by atoms with Crippen LogP contribution in [-0.2, 0) is 6.54 Å². The number of carbonyl (C=O) groups is 1. The summed E-state index contributed by atoms with van der Waals surface area (Å²) in [5.74, 6) is 0.0532. The highest BCUT2D eigenvalue weighted by atomic mass is 35.5. The highest BCUT2D eigenvalue weighted by Gasteiger charge is 2.22. The molecule has 1 aromatic heterocycles. The minimum absolute atomic E-state index is 0.0532. The summed E-state index contributed by atoms with van der Waals surface area (Å²) in [6.07, 6.45) is 0. The predicted molar refractivity (Wildman–Crippen MR) is 115 cm³/mol. The molecule has 1 amide bonds. The zero-order chi connectivity index (χ0) is 19.5. The molecular formula is C22H22ClN3OS. The van der Waals surface area contributed by atoms with Crippen LogP contribution in [0.15, 0.2) is 53.9 Å². The number of aromatic nitrogens is 1. The number of rotatable bonds is 4. The lowest BCUT2D eigenvalue weighted by molar-refractivity contribution is 0.0627. The van der Waals surface area contributed by atoms with E-state index in [2.05, 4.69) is 41.5 Å². The highest BCUT2D eigenvalue weighted by molar-refractivity contribution is 7.13. The van der Waals surface area contributed by atoms with Gasteiger partial charge in [0.15, 0.2) is 0 Å². The molecule has 0 aliphatic carbocycles. The largest absolute Gasteiger partial charge is 0.336 e. The second kappa shape index (κ2) is 8.43. The molecule has 0 atom stereocenters. The van der Waals surface area contributed by atoms with E-state index in [0.29, 0.717) is 10.6 Å². The summed E-state index contributed by atoms with van der Waals surface area (Å²) in [5, 5.41) is 3.79. The molecule has 0 unspecified atom stereocenters. The van der Waals surface area contributed by atoms with Gasteiger partial charge in [-0.15, -0.1) is 11.3 Å². The first-order valence-corrected chi connectivity index (χ1v) is 10.6. The SMILES string of the molecule is Cc1ccc(-c2nc(CN3CCN(C(=O)c4cccc(Cl)c4)CC3)cs2)cc1. The van der Waals surface area contributed by atoms with Gasteiger partial charge in [0.05, 0.1) is 5.69 Å². The van der Waals surface area contributed by atoms with E-state index in [-0.39, 0.29) is 5.91 Å². The maximum absolute atomic E-state index is 12.6. The molecule has 2 heterocycles. The van der Waals surface area contributed by atoms with E-state index in [4.69, 9.17) is 16.6 Å². The normalized spacial score (nSPS) is 15.0. The monoisotopic (exact) mass is 411 g/mol. The summed E-state index contributed by atoms with van der Waals surface area (Å²) >= 11 is 7.70. The minimum Gasteiger partial charge on any atom is -0.336 e. The van der Waals surface area contributed by atoms with Crippen molar-refractivity contribution in [2.45, 2.75) is 13.5 Å². The Morgan fingerprint density at radius 3 is 2.57 bits per heavy atom. The molecular weight excluding hydrogens is 390 g/mol. The third-order valence-electron chi connectivity index (χ3n) is 4.97. The molecule has 28 heavy (non-hydrogen) atoms. The molecule has 4 nitrogen and oxygen atoms in total. The Bertz CT molecular complexity index is 962. The van der Waals surface area contributed by atoms with Crippen LogP contribution in [0.25, 0.3) is 10.6 Å². The summed E-state index contributed by atoms with van der Waals surface area (Å²) in [6, 6.07) is 15.6. The minimum atomic E-state index is 0.0532. The van der Waals surface area contributed by atoms with Gasteiger partial charge < -0.3 is 4.90 Å². The number of nitrogens with zero attached hydrogens (tertiary/aromatic N) is 3. The van der Waals surface area contributed by atoms with Crippen molar-refractivity contribution in [3.63, 3.8) is 0 Å². The molecule has 0 bridgehead atoms. The van der Waals surface area contributed by atoms with E-state index >= 15 is 0 Å². The maximum Gasteiger partial charge on any atom is 0.253 e. The van der Waals surface area contributed by atoms with Gasteiger partial charge >= 0.3 is 0 Å². The highest BCUT2D eigenvalue weighted by Crippen LogP contribution is 2.25. The second-order valence-corrected chi connectivity index (χ2v) is 8.38. The molecule has 1 fully saturated rings. The van der Waals surface area contributed by atoms with Gasteiger partial charge in [0.25, 0.3) is 5.91 Å². The Morgan fingerprint density at radius 1 is 1.11 bits per heavy atom. The van der Waals surface area contributed by atoms with Crippen LogP contribution >= 0.6 is 22.9 Å². The van der Waals surface area contributed by atoms with E-state index in [1.807, 2.05) is 17.0 Å². The average molecular weight is 412 g/mol. The first-order valence-electron chi connectivity index (χ1n) is 9.37. The lowest BCUT2D eigenvalue weighted by Gasteiger charge is -2.34. The van der Waals surface area contributed by atoms with Crippen molar-refractivity contribution in [1.82, 2.24) is 14.8 Å². The van der Waals surface area contributed by atoms with Gasteiger partial charge in [0.2, 0.25) is 0 Å². The zero-order valence-corrected chi connectivity index (χ0v) is 17.3. The molecule has 0 spiro atoms. The van der Waals surface area contributed by atoms with Crippen LogP contribution in [0, 0.1) is 6.92 Å². The molecule has 144 valence electrons. The zero-order valence-electron chi connectivity index (χ0n) is 15.8. The Hall–Kier alpha value is -2.21. The number of halogens is 1.